The molecule has 3 rings (SSSR count). The summed E-state index contributed by atoms with van der Waals surface area (Å²) in [4.78, 5) is 13.9. The molecular weight excluding hydrogens is 270 g/mol. The molecule has 1 aromatic rings. The number of hydrogen-bond donors (Lipinski definition) is 2. The molecule has 1 heterocycles. The number of rotatable bonds is 6. The Hall–Kier alpha value is -0.870. The van der Waals surface area contributed by atoms with Gasteiger partial charge in [0.2, 0.25) is 5.91 Å². The summed E-state index contributed by atoms with van der Waals surface area (Å²) in [5, 5.41) is 15.0. The highest BCUT2D eigenvalue weighted by molar-refractivity contribution is 7.10. The number of thiophene rings is 1. The zero-order valence-electron chi connectivity index (χ0n) is 11.8. The van der Waals surface area contributed by atoms with Crippen molar-refractivity contribution in [2.45, 2.75) is 56.5 Å². The van der Waals surface area contributed by atoms with Crippen molar-refractivity contribution in [3.05, 3.63) is 22.4 Å². The Bertz CT molecular complexity index is 447. The average molecular weight is 293 g/mol. The van der Waals surface area contributed by atoms with Crippen LogP contribution in [0.3, 0.4) is 0 Å². The van der Waals surface area contributed by atoms with Crippen molar-refractivity contribution in [2.24, 2.45) is 5.92 Å². The van der Waals surface area contributed by atoms with Gasteiger partial charge >= 0.3 is 0 Å². The van der Waals surface area contributed by atoms with Crippen LogP contribution in [0.15, 0.2) is 17.5 Å². The van der Waals surface area contributed by atoms with E-state index in [1.54, 1.807) is 11.3 Å². The van der Waals surface area contributed by atoms with Crippen LogP contribution in [0.2, 0.25) is 0 Å². The molecule has 20 heavy (non-hydrogen) atoms. The lowest BCUT2D eigenvalue weighted by Crippen LogP contribution is -2.43. The van der Waals surface area contributed by atoms with Crippen LogP contribution in [0.5, 0.6) is 0 Å². The molecule has 1 atom stereocenters. The van der Waals surface area contributed by atoms with Crippen LogP contribution in [-0.2, 0) is 10.2 Å². The van der Waals surface area contributed by atoms with Crippen LogP contribution in [0.4, 0.5) is 0 Å². The minimum absolute atomic E-state index is 0.167. The van der Waals surface area contributed by atoms with Crippen LogP contribution in [0.1, 0.15) is 49.8 Å². The first-order valence-electron chi connectivity index (χ1n) is 7.73. The standard InChI is InChI=1S/C16H23NO2S/c18-13(12-5-6-12)7-10-17-15(19)16(8-1-2-9-16)14-4-3-11-20-14/h3-4,11-13,18H,1-2,5-10H2,(H,17,19)/t13-/m0/s1. The molecule has 0 unspecified atom stereocenters. The van der Waals surface area contributed by atoms with Gasteiger partial charge in [-0.25, -0.2) is 0 Å². The van der Waals surface area contributed by atoms with Gasteiger partial charge in [0.1, 0.15) is 0 Å². The number of nitrogens with one attached hydrogen (secondary N) is 1. The largest absolute Gasteiger partial charge is 0.393 e. The second-order valence-corrected chi connectivity index (χ2v) is 7.16. The monoisotopic (exact) mass is 293 g/mol. The Morgan fingerprint density at radius 1 is 1.45 bits per heavy atom. The van der Waals surface area contributed by atoms with Gasteiger partial charge in [-0.3, -0.25) is 4.79 Å². The number of aliphatic hydroxyl groups is 1. The fourth-order valence-electron chi connectivity index (χ4n) is 3.33. The van der Waals surface area contributed by atoms with Gasteiger partial charge in [-0.2, -0.15) is 0 Å². The highest BCUT2D eigenvalue weighted by atomic mass is 32.1. The number of amides is 1. The first kappa shape index (κ1) is 14.1. The molecular formula is C16H23NO2S. The van der Waals surface area contributed by atoms with Crippen LogP contribution in [-0.4, -0.2) is 23.7 Å². The van der Waals surface area contributed by atoms with Gasteiger partial charge in [0.25, 0.3) is 0 Å². The van der Waals surface area contributed by atoms with E-state index < -0.39 is 0 Å². The Labute approximate surface area is 124 Å². The normalized spacial score (nSPS) is 22.6. The van der Waals surface area contributed by atoms with Crippen molar-refractivity contribution >= 4 is 17.2 Å². The third-order valence-corrected chi connectivity index (χ3v) is 5.85. The molecule has 0 bridgehead atoms. The van der Waals surface area contributed by atoms with Gasteiger partial charge in [0, 0.05) is 11.4 Å². The van der Waals surface area contributed by atoms with Crippen LogP contribution in [0.25, 0.3) is 0 Å². The average Bonchev–Trinajstić information content (AvgIpc) is 2.94. The molecule has 110 valence electrons. The van der Waals surface area contributed by atoms with Gasteiger partial charge in [0.05, 0.1) is 11.5 Å². The Balaban J connectivity index is 1.58. The smallest absolute Gasteiger partial charge is 0.231 e. The highest BCUT2D eigenvalue weighted by Crippen LogP contribution is 2.43. The molecule has 1 aromatic heterocycles. The van der Waals surface area contributed by atoms with Gasteiger partial charge in [-0.15, -0.1) is 11.3 Å². The summed E-state index contributed by atoms with van der Waals surface area (Å²) < 4.78 is 0. The number of hydrogen-bond acceptors (Lipinski definition) is 3. The third-order valence-electron chi connectivity index (χ3n) is 4.78. The molecule has 0 spiro atoms. The zero-order valence-corrected chi connectivity index (χ0v) is 12.6. The lowest BCUT2D eigenvalue weighted by molar-refractivity contribution is -0.126. The molecule has 0 aliphatic heterocycles. The van der Waals surface area contributed by atoms with Crippen molar-refractivity contribution in [2.75, 3.05) is 6.54 Å². The summed E-state index contributed by atoms with van der Waals surface area (Å²) >= 11 is 1.69. The highest BCUT2D eigenvalue weighted by Gasteiger charge is 2.43. The predicted molar refractivity (Wildman–Crippen MR) is 80.8 cm³/mol. The van der Waals surface area contributed by atoms with Gasteiger partial charge < -0.3 is 10.4 Å². The molecule has 4 heteroatoms. The topological polar surface area (TPSA) is 49.3 Å². The summed E-state index contributed by atoms with van der Waals surface area (Å²) in [6.45, 7) is 0.601. The van der Waals surface area contributed by atoms with E-state index in [2.05, 4.69) is 16.8 Å². The van der Waals surface area contributed by atoms with E-state index in [-0.39, 0.29) is 17.4 Å². The number of aliphatic hydroxyl groups excluding tert-OH is 1. The van der Waals surface area contributed by atoms with E-state index in [9.17, 15) is 9.90 Å². The maximum Gasteiger partial charge on any atom is 0.231 e. The summed E-state index contributed by atoms with van der Waals surface area (Å²) in [5.41, 5.74) is -0.293. The van der Waals surface area contributed by atoms with Crippen LogP contribution < -0.4 is 5.32 Å². The van der Waals surface area contributed by atoms with Crippen molar-refractivity contribution in [1.29, 1.82) is 0 Å². The Morgan fingerprint density at radius 3 is 2.80 bits per heavy atom. The van der Waals surface area contributed by atoms with Gasteiger partial charge in [0.15, 0.2) is 0 Å². The number of carbonyl (C=O) groups excluding carboxylic acids is 1. The summed E-state index contributed by atoms with van der Waals surface area (Å²) in [7, 11) is 0. The molecule has 0 radical (unpaired) electrons. The zero-order chi connectivity index (χ0) is 14.0. The molecule has 0 aromatic carbocycles. The fraction of sp³-hybridized carbons (Fsp3) is 0.688. The van der Waals surface area contributed by atoms with E-state index in [0.717, 1.165) is 38.5 Å². The molecule has 2 N–H and O–H groups in total. The van der Waals surface area contributed by atoms with E-state index >= 15 is 0 Å². The molecule has 0 saturated heterocycles. The van der Waals surface area contributed by atoms with Crippen molar-refractivity contribution in [3.8, 4) is 0 Å². The van der Waals surface area contributed by atoms with Crippen molar-refractivity contribution in [3.63, 3.8) is 0 Å². The first-order valence-corrected chi connectivity index (χ1v) is 8.61. The first-order chi connectivity index (χ1) is 9.72. The van der Waals surface area contributed by atoms with E-state index in [0.29, 0.717) is 18.9 Å². The van der Waals surface area contributed by atoms with Crippen LogP contribution in [0, 0.1) is 5.92 Å². The SMILES string of the molecule is O=C(NCC[C@H](O)C1CC1)C1(c2cccs2)CCCC1. The van der Waals surface area contributed by atoms with Gasteiger partial charge in [-0.05, 0) is 49.5 Å². The maximum absolute atomic E-state index is 12.6. The molecule has 1 amide bonds. The Kier molecular flexibility index (Phi) is 4.13. The quantitative estimate of drug-likeness (QED) is 0.847. The summed E-state index contributed by atoms with van der Waals surface area (Å²) in [6, 6.07) is 4.12. The minimum atomic E-state index is -0.293. The third kappa shape index (κ3) is 2.77. The molecule has 2 aliphatic rings. The van der Waals surface area contributed by atoms with E-state index in [4.69, 9.17) is 0 Å². The molecule has 2 fully saturated rings. The minimum Gasteiger partial charge on any atom is -0.393 e. The summed E-state index contributed by atoms with van der Waals surface area (Å²) in [6.07, 6.45) is 6.96. The molecule has 3 nitrogen and oxygen atoms in total. The second kappa shape index (κ2) is 5.86. The Morgan fingerprint density at radius 2 is 2.20 bits per heavy atom. The maximum atomic E-state index is 12.6. The van der Waals surface area contributed by atoms with Crippen molar-refractivity contribution in [1.82, 2.24) is 5.32 Å². The lowest BCUT2D eigenvalue weighted by atomic mass is 9.83. The van der Waals surface area contributed by atoms with Gasteiger partial charge in [-0.1, -0.05) is 18.9 Å². The summed E-state index contributed by atoms with van der Waals surface area (Å²) in [5.74, 6) is 0.657. The number of carbonyl (C=O) groups is 1. The fourth-order valence-corrected chi connectivity index (χ4v) is 4.32. The van der Waals surface area contributed by atoms with Crippen LogP contribution >= 0.6 is 11.3 Å². The van der Waals surface area contributed by atoms with E-state index in [1.165, 1.54) is 4.88 Å². The molecule has 2 saturated carbocycles. The van der Waals surface area contributed by atoms with E-state index in [1.807, 2.05) is 6.07 Å². The lowest BCUT2D eigenvalue weighted by Gasteiger charge is -2.26. The molecule has 2 aliphatic carbocycles. The predicted octanol–water partition coefficient (Wildman–Crippen LogP) is 2.84. The second-order valence-electron chi connectivity index (χ2n) is 6.22. The van der Waals surface area contributed by atoms with Crippen molar-refractivity contribution < 1.29 is 9.90 Å².